The van der Waals surface area contributed by atoms with Crippen LogP contribution in [0, 0.1) is 0 Å². The summed E-state index contributed by atoms with van der Waals surface area (Å²) in [6.07, 6.45) is 0. The Hall–Kier alpha value is -1.55. The number of phenolic OH excluding ortho intramolecular Hbond substituents is 1. The first kappa shape index (κ1) is 9.98. The Labute approximate surface area is 90.9 Å². The summed E-state index contributed by atoms with van der Waals surface area (Å²) in [7, 11) is 0. The highest BCUT2D eigenvalue weighted by Gasteiger charge is 2.12. The van der Waals surface area contributed by atoms with E-state index < -0.39 is 0 Å². The van der Waals surface area contributed by atoms with Crippen molar-refractivity contribution in [3.05, 3.63) is 29.1 Å². The second kappa shape index (κ2) is 3.90. The molecule has 0 radical (unpaired) electrons. The molecule has 1 aromatic carbocycles. The summed E-state index contributed by atoms with van der Waals surface area (Å²) >= 11 is 1.25. The van der Waals surface area contributed by atoms with E-state index in [1.807, 2.05) is 6.07 Å². The molecule has 0 bridgehead atoms. The van der Waals surface area contributed by atoms with E-state index in [2.05, 4.69) is 0 Å². The number of esters is 1. The molecule has 4 heteroatoms. The normalized spacial score (nSPS) is 10.5. The van der Waals surface area contributed by atoms with Crippen LogP contribution < -0.4 is 0 Å². The number of rotatable bonds is 2. The lowest BCUT2D eigenvalue weighted by Gasteiger charge is -1.95. The van der Waals surface area contributed by atoms with Gasteiger partial charge < -0.3 is 9.84 Å². The number of benzene rings is 1. The van der Waals surface area contributed by atoms with Gasteiger partial charge in [0.05, 0.1) is 11.3 Å². The third kappa shape index (κ3) is 1.80. The molecule has 0 saturated heterocycles. The van der Waals surface area contributed by atoms with E-state index in [0.29, 0.717) is 11.5 Å². The number of ether oxygens (including phenoxy) is 1. The molecule has 78 valence electrons. The number of thiophene rings is 1. The first-order valence-electron chi connectivity index (χ1n) is 4.61. The molecule has 1 N–H and O–H groups in total. The molecule has 0 aliphatic heterocycles. The van der Waals surface area contributed by atoms with Crippen LogP contribution in [0.1, 0.15) is 16.6 Å². The van der Waals surface area contributed by atoms with Crippen LogP contribution in [0.25, 0.3) is 10.1 Å². The zero-order chi connectivity index (χ0) is 10.8. The van der Waals surface area contributed by atoms with Gasteiger partial charge in [-0.2, -0.15) is 0 Å². The molecule has 0 unspecified atom stereocenters. The summed E-state index contributed by atoms with van der Waals surface area (Å²) in [5, 5.41) is 10.4. The standard InChI is InChI=1S/C11H10O3S/c1-2-14-11(13)9-6-7-4-3-5-8(12)10(7)15-9/h3-6,12H,2H2,1H3. The number of hydrogen-bond acceptors (Lipinski definition) is 4. The first-order valence-corrected chi connectivity index (χ1v) is 5.42. The van der Waals surface area contributed by atoms with Crippen molar-refractivity contribution >= 4 is 27.4 Å². The smallest absolute Gasteiger partial charge is 0.348 e. The average Bonchev–Trinajstić information content (AvgIpc) is 2.63. The van der Waals surface area contributed by atoms with Gasteiger partial charge in [-0.1, -0.05) is 12.1 Å². The molecule has 0 aliphatic carbocycles. The fourth-order valence-electron chi connectivity index (χ4n) is 1.35. The summed E-state index contributed by atoms with van der Waals surface area (Å²) in [5.41, 5.74) is 0. The van der Waals surface area contributed by atoms with Gasteiger partial charge in [0.2, 0.25) is 0 Å². The van der Waals surface area contributed by atoms with Crippen molar-refractivity contribution in [3.8, 4) is 5.75 Å². The molecule has 15 heavy (non-hydrogen) atoms. The largest absolute Gasteiger partial charge is 0.506 e. The zero-order valence-electron chi connectivity index (χ0n) is 8.19. The summed E-state index contributed by atoms with van der Waals surface area (Å²) < 4.78 is 5.61. The third-order valence-corrected chi connectivity index (χ3v) is 3.15. The maximum Gasteiger partial charge on any atom is 0.348 e. The Morgan fingerprint density at radius 1 is 1.53 bits per heavy atom. The van der Waals surface area contributed by atoms with Crippen molar-refractivity contribution < 1.29 is 14.6 Å². The van der Waals surface area contributed by atoms with Crippen LogP contribution in [0.4, 0.5) is 0 Å². The number of hydrogen-bond donors (Lipinski definition) is 1. The van der Waals surface area contributed by atoms with E-state index in [4.69, 9.17) is 4.74 Å². The maximum absolute atomic E-state index is 11.4. The molecule has 0 spiro atoms. The van der Waals surface area contributed by atoms with E-state index in [9.17, 15) is 9.90 Å². The monoisotopic (exact) mass is 222 g/mol. The van der Waals surface area contributed by atoms with Crippen LogP contribution in [-0.4, -0.2) is 17.7 Å². The van der Waals surface area contributed by atoms with Gasteiger partial charge in [-0.25, -0.2) is 4.79 Å². The van der Waals surface area contributed by atoms with Crippen LogP contribution >= 0.6 is 11.3 Å². The van der Waals surface area contributed by atoms with Gasteiger partial charge in [0.15, 0.2) is 0 Å². The number of fused-ring (bicyclic) bond motifs is 1. The summed E-state index contributed by atoms with van der Waals surface area (Å²) in [6, 6.07) is 6.94. The average molecular weight is 222 g/mol. The minimum atomic E-state index is -0.335. The predicted octanol–water partition coefficient (Wildman–Crippen LogP) is 2.78. The lowest BCUT2D eigenvalue weighted by atomic mass is 10.2. The van der Waals surface area contributed by atoms with E-state index >= 15 is 0 Å². The summed E-state index contributed by atoms with van der Waals surface area (Å²) in [5.74, 6) is -0.133. The highest BCUT2D eigenvalue weighted by molar-refractivity contribution is 7.21. The fourth-order valence-corrected chi connectivity index (χ4v) is 2.32. The van der Waals surface area contributed by atoms with Crippen molar-refractivity contribution in [3.63, 3.8) is 0 Å². The van der Waals surface area contributed by atoms with Crippen molar-refractivity contribution in [1.29, 1.82) is 0 Å². The van der Waals surface area contributed by atoms with E-state index in [-0.39, 0.29) is 11.7 Å². The van der Waals surface area contributed by atoms with E-state index in [1.165, 1.54) is 11.3 Å². The van der Waals surface area contributed by atoms with Gasteiger partial charge in [0.1, 0.15) is 10.6 Å². The minimum Gasteiger partial charge on any atom is -0.506 e. The Balaban J connectivity index is 2.47. The molecule has 2 aromatic rings. The molecule has 3 nitrogen and oxygen atoms in total. The van der Waals surface area contributed by atoms with Gasteiger partial charge in [0, 0.05) is 0 Å². The zero-order valence-corrected chi connectivity index (χ0v) is 9.00. The fraction of sp³-hybridized carbons (Fsp3) is 0.182. The molecule has 2 rings (SSSR count). The summed E-state index contributed by atoms with van der Waals surface area (Å²) in [4.78, 5) is 12.0. The molecular formula is C11H10O3S. The number of phenols is 1. The summed E-state index contributed by atoms with van der Waals surface area (Å²) in [6.45, 7) is 2.13. The minimum absolute atomic E-state index is 0.202. The lowest BCUT2D eigenvalue weighted by Crippen LogP contribution is -2.01. The van der Waals surface area contributed by atoms with Gasteiger partial charge in [-0.3, -0.25) is 0 Å². The lowest BCUT2D eigenvalue weighted by molar-refractivity contribution is 0.0532. The molecule has 1 heterocycles. The Morgan fingerprint density at radius 2 is 2.33 bits per heavy atom. The molecular weight excluding hydrogens is 212 g/mol. The first-order chi connectivity index (χ1) is 7.22. The van der Waals surface area contributed by atoms with E-state index in [1.54, 1.807) is 25.1 Å². The second-order valence-electron chi connectivity index (χ2n) is 3.03. The predicted molar refractivity (Wildman–Crippen MR) is 59.4 cm³/mol. The van der Waals surface area contributed by atoms with Gasteiger partial charge in [0.25, 0.3) is 0 Å². The van der Waals surface area contributed by atoms with Crippen molar-refractivity contribution in [2.45, 2.75) is 6.92 Å². The molecule has 0 fully saturated rings. The molecule has 1 aromatic heterocycles. The second-order valence-corrected chi connectivity index (χ2v) is 4.08. The molecule has 0 saturated carbocycles. The van der Waals surface area contributed by atoms with Crippen molar-refractivity contribution in [2.24, 2.45) is 0 Å². The Morgan fingerprint density at radius 3 is 3.00 bits per heavy atom. The maximum atomic E-state index is 11.4. The van der Waals surface area contributed by atoms with Crippen LogP contribution in [0.15, 0.2) is 24.3 Å². The number of carbonyl (C=O) groups excluding carboxylic acids is 1. The van der Waals surface area contributed by atoms with Crippen molar-refractivity contribution in [1.82, 2.24) is 0 Å². The van der Waals surface area contributed by atoms with Crippen molar-refractivity contribution in [2.75, 3.05) is 6.61 Å². The SMILES string of the molecule is CCOC(=O)c1cc2cccc(O)c2s1. The van der Waals surface area contributed by atoms with Crippen LogP contribution in [0.3, 0.4) is 0 Å². The van der Waals surface area contributed by atoms with Gasteiger partial charge in [-0.05, 0) is 24.4 Å². The van der Waals surface area contributed by atoms with Crippen LogP contribution in [0.5, 0.6) is 5.75 Å². The topological polar surface area (TPSA) is 46.5 Å². The van der Waals surface area contributed by atoms with Crippen LogP contribution in [-0.2, 0) is 4.74 Å². The van der Waals surface area contributed by atoms with Gasteiger partial charge in [-0.15, -0.1) is 11.3 Å². The highest BCUT2D eigenvalue weighted by Crippen LogP contribution is 2.32. The van der Waals surface area contributed by atoms with E-state index in [0.717, 1.165) is 10.1 Å². The molecule has 0 atom stereocenters. The highest BCUT2D eigenvalue weighted by atomic mass is 32.1. The van der Waals surface area contributed by atoms with Crippen LogP contribution in [0.2, 0.25) is 0 Å². The molecule has 0 aliphatic rings. The molecule has 0 amide bonds. The third-order valence-electron chi connectivity index (χ3n) is 2.00. The Bertz CT molecular complexity index is 502. The number of carbonyl (C=O) groups is 1. The quantitative estimate of drug-likeness (QED) is 0.795. The van der Waals surface area contributed by atoms with Gasteiger partial charge >= 0.3 is 5.97 Å². The Kier molecular flexibility index (Phi) is 2.60. The number of aromatic hydroxyl groups is 1.